The smallest absolute Gasteiger partial charge is 0.200 e. The Morgan fingerprint density at radius 1 is 1.12 bits per heavy atom. The Kier molecular flexibility index (Phi) is 5.38. The van der Waals surface area contributed by atoms with E-state index in [1.807, 2.05) is 54.0 Å². The van der Waals surface area contributed by atoms with Gasteiger partial charge in [-0.1, -0.05) is 55.9 Å². The third kappa shape index (κ3) is 4.02. The lowest BCUT2D eigenvalue weighted by Gasteiger charge is -2.14. The largest absolute Gasteiger partial charge is 0.461 e. The van der Waals surface area contributed by atoms with Crippen LogP contribution in [-0.2, 0) is 6.54 Å². The fourth-order valence-electron chi connectivity index (χ4n) is 2.54. The molecular weight excluding hydrogens is 334 g/mol. The van der Waals surface area contributed by atoms with E-state index in [2.05, 4.69) is 24.0 Å². The lowest BCUT2D eigenvalue weighted by atomic mass is 10.1. The SMILES string of the molecule is CC(C)Cn1c(SC(C)C(=O)c2ccccc2)nnc1-c1ccco1. The van der Waals surface area contributed by atoms with Gasteiger partial charge < -0.3 is 4.42 Å². The highest BCUT2D eigenvalue weighted by Gasteiger charge is 2.22. The van der Waals surface area contributed by atoms with E-state index >= 15 is 0 Å². The van der Waals surface area contributed by atoms with E-state index in [1.165, 1.54) is 11.8 Å². The molecule has 1 unspecified atom stereocenters. The van der Waals surface area contributed by atoms with Crippen molar-refractivity contribution in [3.8, 4) is 11.6 Å². The second kappa shape index (κ2) is 7.70. The molecular formula is C19H21N3O2S. The minimum Gasteiger partial charge on any atom is -0.461 e. The van der Waals surface area contributed by atoms with E-state index in [0.29, 0.717) is 23.1 Å². The quantitative estimate of drug-likeness (QED) is 0.459. The van der Waals surface area contributed by atoms with Crippen molar-refractivity contribution in [3.63, 3.8) is 0 Å². The predicted octanol–water partition coefficient (Wildman–Crippen LogP) is 4.56. The molecule has 25 heavy (non-hydrogen) atoms. The summed E-state index contributed by atoms with van der Waals surface area (Å²) in [7, 11) is 0. The Hall–Kier alpha value is -2.34. The molecule has 0 N–H and O–H groups in total. The molecule has 3 aromatic rings. The van der Waals surface area contributed by atoms with Crippen molar-refractivity contribution in [1.29, 1.82) is 0 Å². The average Bonchev–Trinajstić information content (AvgIpc) is 3.25. The van der Waals surface area contributed by atoms with Crippen LogP contribution in [0.4, 0.5) is 0 Å². The van der Waals surface area contributed by atoms with Crippen LogP contribution in [0.2, 0.25) is 0 Å². The van der Waals surface area contributed by atoms with Gasteiger partial charge in [-0.3, -0.25) is 9.36 Å². The van der Waals surface area contributed by atoms with Crippen LogP contribution in [0.1, 0.15) is 31.1 Å². The van der Waals surface area contributed by atoms with Crippen molar-refractivity contribution in [2.24, 2.45) is 5.92 Å². The van der Waals surface area contributed by atoms with Crippen LogP contribution < -0.4 is 0 Å². The van der Waals surface area contributed by atoms with Gasteiger partial charge in [-0.05, 0) is 25.0 Å². The molecule has 0 spiro atoms. The van der Waals surface area contributed by atoms with Crippen LogP contribution in [0.15, 0.2) is 58.3 Å². The normalized spacial score (nSPS) is 12.5. The van der Waals surface area contributed by atoms with Gasteiger partial charge in [-0.15, -0.1) is 10.2 Å². The summed E-state index contributed by atoms with van der Waals surface area (Å²) in [5, 5.41) is 9.07. The third-order valence-electron chi connectivity index (χ3n) is 3.72. The molecule has 0 aliphatic rings. The summed E-state index contributed by atoms with van der Waals surface area (Å²) in [6.07, 6.45) is 1.62. The van der Waals surface area contributed by atoms with Gasteiger partial charge in [0.25, 0.3) is 0 Å². The maximum atomic E-state index is 12.6. The molecule has 1 aromatic carbocycles. The number of hydrogen-bond donors (Lipinski definition) is 0. The molecule has 130 valence electrons. The number of aromatic nitrogens is 3. The van der Waals surface area contributed by atoms with Crippen LogP contribution in [0.3, 0.4) is 0 Å². The zero-order chi connectivity index (χ0) is 17.8. The summed E-state index contributed by atoms with van der Waals surface area (Å²) in [4.78, 5) is 12.6. The zero-order valence-electron chi connectivity index (χ0n) is 14.5. The predicted molar refractivity (Wildman–Crippen MR) is 98.7 cm³/mol. The molecule has 0 aliphatic heterocycles. The molecule has 0 radical (unpaired) electrons. The van der Waals surface area contributed by atoms with Crippen molar-refractivity contribution < 1.29 is 9.21 Å². The second-order valence-electron chi connectivity index (χ2n) is 6.28. The minimum atomic E-state index is -0.248. The standard InChI is InChI=1S/C19H21N3O2S/c1-13(2)12-22-18(16-10-7-11-24-16)20-21-19(22)25-14(3)17(23)15-8-5-4-6-9-15/h4-11,13-14H,12H2,1-3H3. The average molecular weight is 355 g/mol. The number of thioether (sulfide) groups is 1. The molecule has 3 rings (SSSR count). The van der Waals surface area contributed by atoms with Crippen LogP contribution in [0.25, 0.3) is 11.6 Å². The Balaban J connectivity index is 1.85. The van der Waals surface area contributed by atoms with Gasteiger partial charge >= 0.3 is 0 Å². The first-order valence-electron chi connectivity index (χ1n) is 8.29. The Morgan fingerprint density at radius 3 is 2.52 bits per heavy atom. The number of furan rings is 1. The minimum absolute atomic E-state index is 0.0873. The summed E-state index contributed by atoms with van der Waals surface area (Å²) < 4.78 is 7.51. The molecule has 0 saturated carbocycles. The van der Waals surface area contributed by atoms with Crippen molar-refractivity contribution >= 4 is 17.5 Å². The van der Waals surface area contributed by atoms with Crippen molar-refractivity contribution in [1.82, 2.24) is 14.8 Å². The van der Waals surface area contributed by atoms with E-state index in [-0.39, 0.29) is 11.0 Å². The Labute approximate surface area is 151 Å². The fourth-order valence-corrected chi connectivity index (χ4v) is 3.48. The van der Waals surface area contributed by atoms with Gasteiger partial charge in [0, 0.05) is 12.1 Å². The number of ketones is 1. The topological polar surface area (TPSA) is 60.9 Å². The van der Waals surface area contributed by atoms with Gasteiger partial charge in [0.2, 0.25) is 0 Å². The van der Waals surface area contributed by atoms with Crippen molar-refractivity contribution in [2.45, 2.75) is 37.7 Å². The summed E-state index contributed by atoms with van der Waals surface area (Å²) in [6, 6.07) is 13.0. The first kappa shape index (κ1) is 17.5. The lowest BCUT2D eigenvalue weighted by Crippen LogP contribution is -2.15. The number of benzene rings is 1. The van der Waals surface area contributed by atoms with E-state index < -0.39 is 0 Å². The molecule has 2 aromatic heterocycles. The number of Topliss-reactive ketones (excluding diaryl/α,β-unsaturated/α-hetero) is 1. The maximum Gasteiger partial charge on any atom is 0.200 e. The van der Waals surface area contributed by atoms with Gasteiger partial charge in [0.1, 0.15) is 0 Å². The summed E-state index contributed by atoms with van der Waals surface area (Å²) in [6.45, 7) is 6.94. The number of rotatable bonds is 7. The Bertz CT molecular complexity index is 826. The second-order valence-corrected chi connectivity index (χ2v) is 7.59. The monoisotopic (exact) mass is 355 g/mol. The van der Waals surface area contributed by atoms with Gasteiger partial charge in [0.05, 0.1) is 11.5 Å². The van der Waals surface area contributed by atoms with Gasteiger partial charge in [0.15, 0.2) is 22.5 Å². The third-order valence-corrected chi connectivity index (χ3v) is 4.80. The first-order chi connectivity index (χ1) is 12.1. The molecule has 5 nitrogen and oxygen atoms in total. The van der Waals surface area contributed by atoms with E-state index in [4.69, 9.17) is 4.42 Å². The van der Waals surface area contributed by atoms with E-state index in [0.717, 1.165) is 11.7 Å². The van der Waals surface area contributed by atoms with Crippen molar-refractivity contribution in [2.75, 3.05) is 0 Å². The molecule has 0 aliphatic carbocycles. The van der Waals surface area contributed by atoms with Crippen LogP contribution in [-0.4, -0.2) is 25.8 Å². The van der Waals surface area contributed by atoms with E-state index in [1.54, 1.807) is 6.26 Å². The molecule has 0 fully saturated rings. The van der Waals surface area contributed by atoms with Crippen molar-refractivity contribution in [3.05, 3.63) is 54.3 Å². The maximum absolute atomic E-state index is 12.6. The molecule has 0 bridgehead atoms. The Morgan fingerprint density at radius 2 is 1.88 bits per heavy atom. The van der Waals surface area contributed by atoms with Crippen LogP contribution >= 0.6 is 11.8 Å². The molecule has 0 amide bonds. The van der Waals surface area contributed by atoms with E-state index in [9.17, 15) is 4.79 Å². The molecule has 0 saturated heterocycles. The first-order valence-corrected chi connectivity index (χ1v) is 9.17. The summed E-state index contributed by atoms with van der Waals surface area (Å²) in [5.74, 6) is 1.89. The summed E-state index contributed by atoms with van der Waals surface area (Å²) in [5.41, 5.74) is 0.712. The number of carbonyl (C=O) groups excluding carboxylic acids is 1. The molecule has 2 heterocycles. The number of carbonyl (C=O) groups is 1. The highest BCUT2D eigenvalue weighted by atomic mass is 32.2. The molecule has 1 atom stereocenters. The van der Waals surface area contributed by atoms with Crippen LogP contribution in [0, 0.1) is 5.92 Å². The van der Waals surface area contributed by atoms with Crippen LogP contribution in [0.5, 0.6) is 0 Å². The summed E-state index contributed by atoms with van der Waals surface area (Å²) >= 11 is 1.43. The number of nitrogens with zero attached hydrogens (tertiary/aromatic N) is 3. The molecule has 6 heteroatoms. The van der Waals surface area contributed by atoms with Gasteiger partial charge in [-0.2, -0.15) is 0 Å². The lowest BCUT2D eigenvalue weighted by molar-refractivity contribution is 0.0994. The zero-order valence-corrected chi connectivity index (χ0v) is 15.4. The highest BCUT2D eigenvalue weighted by molar-refractivity contribution is 8.00. The fraction of sp³-hybridized carbons (Fsp3) is 0.316. The number of hydrogen-bond acceptors (Lipinski definition) is 5. The highest BCUT2D eigenvalue weighted by Crippen LogP contribution is 2.29. The van der Waals surface area contributed by atoms with Gasteiger partial charge in [-0.25, -0.2) is 0 Å².